The molecule has 1 aromatic heterocycles. The normalized spacial score (nSPS) is 27.2. The molecule has 2 unspecified atom stereocenters. The Morgan fingerprint density at radius 3 is 3.12 bits per heavy atom. The largest absolute Gasteiger partial charge is 0.388 e. The first-order chi connectivity index (χ1) is 8.24. The Morgan fingerprint density at radius 1 is 1.47 bits per heavy atom. The van der Waals surface area contributed by atoms with Gasteiger partial charge in [-0.3, -0.25) is 4.90 Å². The molecule has 2 saturated heterocycles. The van der Waals surface area contributed by atoms with Crippen LogP contribution < -0.4 is 4.90 Å². The Labute approximate surface area is 106 Å². The molecular formula is C12H19N3OS. The van der Waals surface area contributed by atoms with E-state index in [1.165, 1.54) is 19.4 Å². The summed E-state index contributed by atoms with van der Waals surface area (Å²) in [5, 5.41) is 10.6. The van der Waals surface area contributed by atoms with E-state index < -0.39 is 6.10 Å². The number of aliphatic hydroxyl groups is 1. The van der Waals surface area contributed by atoms with Gasteiger partial charge in [0.1, 0.15) is 0 Å². The second-order valence-corrected chi connectivity index (χ2v) is 6.04. The smallest absolute Gasteiger partial charge is 0.185 e. The summed E-state index contributed by atoms with van der Waals surface area (Å²) in [6.45, 7) is 6.41. The van der Waals surface area contributed by atoms with Crippen LogP contribution in [-0.4, -0.2) is 47.2 Å². The van der Waals surface area contributed by atoms with Gasteiger partial charge in [0.15, 0.2) is 5.13 Å². The first-order valence-electron chi connectivity index (χ1n) is 6.37. The van der Waals surface area contributed by atoms with Crippen LogP contribution in [0.5, 0.6) is 0 Å². The Bertz CT molecular complexity index is 393. The lowest BCUT2D eigenvalue weighted by Crippen LogP contribution is -2.50. The minimum atomic E-state index is -0.394. The minimum Gasteiger partial charge on any atom is -0.388 e. The summed E-state index contributed by atoms with van der Waals surface area (Å²) < 4.78 is 0. The fourth-order valence-electron chi connectivity index (χ4n) is 2.78. The van der Waals surface area contributed by atoms with Gasteiger partial charge in [0, 0.05) is 31.9 Å². The molecule has 0 radical (unpaired) electrons. The summed E-state index contributed by atoms with van der Waals surface area (Å²) in [5.41, 5.74) is 0. The standard InChI is InChI=1S/C12H19N3OS/c1-9(16)11-7-13-12(17-11)15-6-5-14-4-2-3-10(14)8-15/h7,9-10,16H,2-6,8H2,1H3. The number of anilines is 1. The van der Waals surface area contributed by atoms with Crippen LogP contribution in [-0.2, 0) is 0 Å². The molecule has 0 aliphatic carbocycles. The van der Waals surface area contributed by atoms with Crippen molar-refractivity contribution in [2.75, 3.05) is 31.1 Å². The molecule has 0 spiro atoms. The maximum Gasteiger partial charge on any atom is 0.185 e. The van der Waals surface area contributed by atoms with Crippen LogP contribution in [0.4, 0.5) is 5.13 Å². The van der Waals surface area contributed by atoms with Crippen molar-refractivity contribution in [3.63, 3.8) is 0 Å². The van der Waals surface area contributed by atoms with Crippen molar-refractivity contribution in [2.24, 2.45) is 0 Å². The van der Waals surface area contributed by atoms with Gasteiger partial charge in [-0.1, -0.05) is 11.3 Å². The van der Waals surface area contributed by atoms with E-state index >= 15 is 0 Å². The van der Waals surface area contributed by atoms with Gasteiger partial charge in [0.25, 0.3) is 0 Å². The third kappa shape index (κ3) is 2.19. The Kier molecular flexibility index (Phi) is 3.06. The van der Waals surface area contributed by atoms with Crippen molar-refractivity contribution >= 4 is 16.5 Å². The van der Waals surface area contributed by atoms with Crippen LogP contribution in [0.15, 0.2) is 6.20 Å². The van der Waals surface area contributed by atoms with E-state index in [2.05, 4.69) is 14.8 Å². The third-order valence-corrected chi connectivity index (χ3v) is 5.01. The van der Waals surface area contributed by atoms with E-state index in [9.17, 15) is 5.11 Å². The van der Waals surface area contributed by atoms with Crippen LogP contribution in [0, 0.1) is 0 Å². The van der Waals surface area contributed by atoms with Crippen LogP contribution in [0.25, 0.3) is 0 Å². The first-order valence-corrected chi connectivity index (χ1v) is 7.18. The molecule has 0 bridgehead atoms. The fourth-order valence-corrected chi connectivity index (χ4v) is 3.67. The SMILES string of the molecule is CC(O)c1cnc(N2CCN3CCCC3C2)s1. The zero-order valence-corrected chi connectivity index (χ0v) is 11.0. The van der Waals surface area contributed by atoms with E-state index in [-0.39, 0.29) is 0 Å². The fraction of sp³-hybridized carbons (Fsp3) is 0.750. The lowest BCUT2D eigenvalue weighted by Gasteiger charge is -2.37. The molecule has 1 N–H and O–H groups in total. The average molecular weight is 253 g/mol. The zero-order valence-electron chi connectivity index (χ0n) is 10.2. The number of piperazine rings is 1. The van der Waals surface area contributed by atoms with Crippen LogP contribution in [0.1, 0.15) is 30.7 Å². The van der Waals surface area contributed by atoms with Gasteiger partial charge in [-0.05, 0) is 26.3 Å². The van der Waals surface area contributed by atoms with Crippen molar-refractivity contribution in [1.29, 1.82) is 0 Å². The number of hydrogen-bond acceptors (Lipinski definition) is 5. The molecule has 94 valence electrons. The summed E-state index contributed by atoms with van der Waals surface area (Å²) >= 11 is 1.63. The lowest BCUT2D eigenvalue weighted by molar-refractivity contribution is 0.203. The summed E-state index contributed by atoms with van der Waals surface area (Å²) in [5.74, 6) is 0. The van der Waals surface area contributed by atoms with Gasteiger partial charge >= 0.3 is 0 Å². The number of hydrogen-bond donors (Lipinski definition) is 1. The maximum absolute atomic E-state index is 9.53. The minimum absolute atomic E-state index is 0.394. The molecule has 2 atom stereocenters. The monoisotopic (exact) mass is 253 g/mol. The van der Waals surface area contributed by atoms with Crippen molar-refractivity contribution in [3.8, 4) is 0 Å². The summed E-state index contributed by atoms with van der Waals surface area (Å²) in [7, 11) is 0. The van der Waals surface area contributed by atoms with Crippen LogP contribution >= 0.6 is 11.3 Å². The molecule has 2 aliphatic heterocycles. The van der Waals surface area contributed by atoms with Crippen molar-refractivity contribution in [3.05, 3.63) is 11.1 Å². The summed E-state index contributed by atoms with van der Waals surface area (Å²) in [4.78, 5) is 10.4. The van der Waals surface area contributed by atoms with Gasteiger partial charge in [0.2, 0.25) is 0 Å². The summed E-state index contributed by atoms with van der Waals surface area (Å²) in [6, 6.07) is 0.725. The number of thiazole rings is 1. The second kappa shape index (κ2) is 4.55. The second-order valence-electron chi connectivity index (χ2n) is 5.00. The number of fused-ring (bicyclic) bond motifs is 1. The van der Waals surface area contributed by atoms with Crippen molar-refractivity contribution < 1.29 is 5.11 Å². The molecule has 4 nitrogen and oxygen atoms in total. The molecule has 3 heterocycles. The first kappa shape index (κ1) is 11.4. The third-order valence-electron chi connectivity index (χ3n) is 3.78. The molecule has 1 aromatic rings. The van der Waals surface area contributed by atoms with Gasteiger partial charge in [-0.2, -0.15) is 0 Å². The quantitative estimate of drug-likeness (QED) is 0.866. The Balaban J connectivity index is 1.71. The number of rotatable bonds is 2. The van der Waals surface area contributed by atoms with Crippen LogP contribution in [0.2, 0.25) is 0 Å². The van der Waals surface area contributed by atoms with Gasteiger partial charge in [-0.25, -0.2) is 4.98 Å². The number of aromatic nitrogens is 1. The summed E-state index contributed by atoms with van der Waals surface area (Å²) in [6.07, 6.45) is 4.08. The highest BCUT2D eigenvalue weighted by atomic mass is 32.1. The van der Waals surface area contributed by atoms with Crippen molar-refractivity contribution in [1.82, 2.24) is 9.88 Å². The highest BCUT2D eigenvalue weighted by molar-refractivity contribution is 7.15. The van der Waals surface area contributed by atoms with Gasteiger partial charge in [0.05, 0.1) is 11.0 Å². The Morgan fingerprint density at radius 2 is 2.35 bits per heavy atom. The zero-order chi connectivity index (χ0) is 11.8. The maximum atomic E-state index is 9.53. The molecule has 5 heteroatoms. The molecule has 2 aliphatic rings. The molecule has 3 rings (SSSR count). The molecular weight excluding hydrogens is 234 g/mol. The van der Waals surface area contributed by atoms with E-state index in [1.54, 1.807) is 18.3 Å². The molecule has 0 amide bonds. The molecule has 0 saturated carbocycles. The van der Waals surface area contributed by atoms with E-state index in [4.69, 9.17) is 0 Å². The van der Waals surface area contributed by atoms with Gasteiger partial charge < -0.3 is 10.0 Å². The predicted molar refractivity (Wildman–Crippen MR) is 69.6 cm³/mol. The van der Waals surface area contributed by atoms with E-state index in [1.807, 2.05) is 6.20 Å². The topological polar surface area (TPSA) is 39.6 Å². The van der Waals surface area contributed by atoms with Gasteiger partial charge in [-0.15, -0.1) is 0 Å². The average Bonchev–Trinajstić information content (AvgIpc) is 2.97. The number of nitrogens with zero attached hydrogens (tertiary/aromatic N) is 3. The highest BCUT2D eigenvalue weighted by Gasteiger charge is 2.31. The number of aliphatic hydroxyl groups excluding tert-OH is 1. The molecule has 17 heavy (non-hydrogen) atoms. The van der Waals surface area contributed by atoms with E-state index in [0.717, 1.165) is 35.7 Å². The van der Waals surface area contributed by atoms with Crippen molar-refractivity contribution in [2.45, 2.75) is 31.9 Å². The van der Waals surface area contributed by atoms with E-state index in [0.29, 0.717) is 0 Å². The lowest BCUT2D eigenvalue weighted by atomic mass is 10.2. The predicted octanol–water partition coefficient (Wildman–Crippen LogP) is 1.48. The highest BCUT2D eigenvalue weighted by Crippen LogP contribution is 2.30. The molecule has 0 aromatic carbocycles. The van der Waals surface area contributed by atoms with Crippen LogP contribution in [0.3, 0.4) is 0 Å². The molecule has 2 fully saturated rings. The Hall–Kier alpha value is -0.650.